The lowest BCUT2D eigenvalue weighted by Crippen LogP contribution is -2.13. The van der Waals surface area contributed by atoms with Crippen molar-refractivity contribution in [1.82, 2.24) is 14.8 Å². The fourth-order valence-corrected chi connectivity index (χ4v) is 1.70. The van der Waals surface area contributed by atoms with Gasteiger partial charge in [-0.1, -0.05) is 19.9 Å². The van der Waals surface area contributed by atoms with E-state index in [9.17, 15) is 4.39 Å². The summed E-state index contributed by atoms with van der Waals surface area (Å²) in [5, 5.41) is 7.32. The van der Waals surface area contributed by atoms with Crippen molar-refractivity contribution >= 4 is 5.69 Å². The highest BCUT2D eigenvalue weighted by Crippen LogP contribution is 2.10. The maximum Gasteiger partial charge on any atom is 0.146 e. The monoisotopic (exact) mass is 248 g/mol. The molecule has 5 heteroatoms. The average Bonchev–Trinajstić information content (AvgIpc) is 2.73. The van der Waals surface area contributed by atoms with Crippen molar-refractivity contribution in [2.24, 2.45) is 5.92 Å². The van der Waals surface area contributed by atoms with E-state index in [2.05, 4.69) is 29.2 Å². The van der Waals surface area contributed by atoms with Gasteiger partial charge in [0.15, 0.2) is 0 Å². The van der Waals surface area contributed by atoms with Gasteiger partial charge >= 0.3 is 0 Å². The van der Waals surface area contributed by atoms with Gasteiger partial charge in [-0.25, -0.2) is 14.1 Å². The summed E-state index contributed by atoms with van der Waals surface area (Å²) in [6, 6.07) is 6.39. The Balaban J connectivity index is 2.00. The Morgan fingerprint density at radius 3 is 2.94 bits per heavy atom. The molecule has 2 aromatic rings. The SMILES string of the molecule is CC(C)Cn1ncnc1CNc1cccc(F)c1. The van der Waals surface area contributed by atoms with Gasteiger partial charge in [0.25, 0.3) is 0 Å². The van der Waals surface area contributed by atoms with Crippen LogP contribution in [0.2, 0.25) is 0 Å². The number of nitrogens with one attached hydrogen (secondary N) is 1. The second-order valence-electron chi connectivity index (χ2n) is 4.62. The number of rotatable bonds is 5. The molecule has 18 heavy (non-hydrogen) atoms. The molecule has 0 radical (unpaired) electrons. The van der Waals surface area contributed by atoms with Gasteiger partial charge in [0.1, 0.15) is 18.0 Å². The zero-order valence-corrected chi connectivity index (χ0v) is 10.6. The van der Waals surface area contributed by atoms with Crippen molar-refractivity contribution in [1.29, 1.82) is 0 Å². The number of hydrogen-bond donors (Lipinski definition) is 1. The predicted octanol–water partition coefficient (Wildman–Crippen LogP) is 2.69. The van der Waals surface area contributed by atoms with Crippen LogP contribution < -0.4 is 5.32 Å². The van der Waals surface area contributed by atoms with Crippen molar-refractivity contribution in [2.45, 2.75) is 26.9 Å². The number of benzene rings is 1. The van der Waals surface area contributed by atoms with Gasteiger partial charge in [-0.2, -0.15) is 5.10 Å². The Hall–Kier alpha value is -1.91. The molecule has 0 saturated carbocycles. The molecule has 0 unspecified atom stereocenters. The van der Waals surface area contributed by atoms with Crippen LogP contribution in [-0.2, 0) is 13.1 Å². The second-order valence-corrected chi connectivity index (χ2v) is 4.62. The van der Waals surface area contributed by atoms with Gasteiger partial charge in [-0.05, 0) is 24.1 Å². The van der Waals surface area contributed by atoms with Gasteiger partial charge in [0.2, 0.25) is 0 Å². The molecule has 1 aromatic heterocycles. The third kappa shape index (κ3) is 3.29. The van der Waals surface area contributed by atoms with Crippen LogP contribution in [0, 0.1) is 11.7 Å². The zero-order valence-electron chi connectivity index (χ0n) is 10.6. The van der Waals surface area contributed by atoms with Crippen LogP contribution in [0.1, 0.15) is 19.7 Å². The molecule has 0 saturated heterocycles. The van der Waals surface area contributed by atoms with E-state index in [0.717, 1.165) is 18.1 Å². The van der Waals surface area contributed by atoms with Crippen molar-refractivity contribution in [3.8, 4) is 0 Å². The van der Waals surface area contributed by atoms with Crippen LogP contribution >= 0.6 is 0 Å². The molecule has 0 aliphatic carbocycles. The van der Waals surface area contributed by atoms with E-state index >= 15 is 0 Å². The molecule has 0 aliphatic rings. The number of hydrogen-bond acceptors (Lipinski definition) is 3. The van der Waals surface area contributed by atoms with E-state index in [0.29, 0.717) is 12.5 Å². The largest absolute Gasteiger partial charge is 0.378 e. The van der Waals surface area contributed by atoms with Crippen LogP contribution in [0.25, 0.3) is 0 Å². The normalized spacial score (nSPS) is 10.9. The number of nitrogens with zero attached hydrogens (tertiary/aromatic N) is 3. The van der Waals surface area contributed by atoms with Crippen molar-refractivity contribution < 1.29 is 4.39 Å². The third-order valence-corrected chi connectivity index (χ3v) is 2.51. The first-order valence-corrected chi connectivity index (χ1v) is 6.01. The highest BCUT2D eigenvalue weighted by molar-refractivity contribution is 5.42. The molecular weight excluding hydrogens is 231 g/mol. The standard InChI is InChI=1S/C13H17FN4/c1-10(2)8-18-13(16-9-17-18)7-15-12-5-3-4-11(14)6-12/h3-6,9-10,15H,7-8H2,1-2H3. The Morgan fingerprint density at radius 1 is 1.39 bits per heavy atom. The predicted molar refractivity (Wildman–Crippen MR) is 68.6 cm³/mol. The molecule has 4 nitrogen and oxygen atoms in total. The van der Waals surface area contributed by atoms with Crippen LogP contribution in [0.5, 0.6) is 0 Å². The third-order valence-electron chi connectivity index (χ3n) is 2.51. The second kappa shape index (κ2) is 5.62. The van der Waals surface area contributed by atoms with E-state index in [4.69, 9.17) is 0 Å². The minimum Gasteiger partial charge on any atom is -0.378 e. The minimum absolute atomic E-state index is 0.247. The Kier molecular flexibility index (Phi) is 3.92. The molecule has 96 valence electrons. The van der Waals surface area contributed by atoms with Crippen molar-refractivity contribution in [2.75, 3.05) is 5.32 Å². The summed E-state index contributed by atoms with van der Waals surface area (Å²) in [5.74, 6) is 1.12. The van der Waals surface area contributed by atoms with Gasteiger partial charge in [-0.3, -0.25) is 0 Å². The quantitative estimate of drug-likeness (QED) is 0.884. The van der Waals surface area contributed by atoms with Crippen molar-refractivity contribution in [3.05, 3.63) is 42.2 Å². The number of halogens is 1. The lowest BCUT2D eigenvalue weighted by Gasteiger charge is -2.10. The van der Waals surface area contributed by atoms with E-state index in [1.807, 2.05) is 10.7 Å². The fourth-order valence-electron chi connectivity index (χ4n) is 1.70. The summed E-state index contributed by atoms with van der Waals surface area (Å²) in [5.41, 5.74) is 0.745. The zero-order chi connectivity index (χ0) is 13.0. The molecule has 0 bridgehead atoms. The molecule has 0 aliphatic heterocycles. The molecule has 2 rings (SSSR count). The van der Waals surface area contributed by atoms with Crippen LogP contribution in [0.3, 0.4) is 0 Å². The first-order valence-electron chi connectivity index (χ1n) is 6.01. The molecular formula is C13H17FN4. The summed E-state index contributed by atoms with van der Waals surface area (Å²) in [7, 11) is 0. The van der Waals surface area contributed by atoms with E-state index in [1.54, 1.807) is 12.4 Å². The smallest absolute Gasteiger partial charge is 0.146 e. The Labute approximate surface area is 106 Å². The minimum atomic E-state index is -0.247. The average molecular weight is 248 g/mol. The van der Waals surface area contributed by atoms with Gasteiger partial charge in [0.05, 0.1) is 6.54 Å². The molecule has 0 atom stereocenters. The Bertz CT molecular complexity index is 507. The molecule has 1 N–H and O–H groups in total. The summed E-state index contributed by atoms with van der Waals surface area (Å²) in [4.78, 5) is 4.20. The van der Waals surface area contributed by atoms with Crippen LogP contribution in [0.15, 0.2) is 30.6 Å². The number of anilines is 1. The summed E-state index contributed by atoms with van der Waals surface area (Å²) < 4.78 is 14.9. The van der Waals surface area contributed by atoms with Gasteiger partial charge in [0, 0.05) is 12.2 Å². The molecule has 0 amide bonds. The fraction of sp³-hybridized carbons (Fsp3) is 0.385. The van der Waals surface area contributed by atoms with Crippen LogP contribution in [-0.4, -0.2) is 14.8 Å². The molecule has 0 fully saturated rings. The first-order chi connectivity index (χ1) is 8.65. The van der Waals surface area contributed by atoms with Gasteiger partial charge < -0.3 is 5.32 Å². The number of aromatic nitrogens is 3. The van der Waals surface area contributed by atoms with E-state index < -0.39 is 0 Å². The maximum atomic E-state index is 13.0. The lowest BCUT2D eigenvalue weighted by atomic mass is 10.2. The lowest BCUT2D eigenvalue weighted by molar-refractivity contribution is 0.468. The van der Waals surface area contributed by atoms with Crippen LogP contribution in [0.4, 0.5) is 10.1 Å². The highest BCUT2D eigenvalue weighted by atomic mass is 19.1. The molecule has 0 spiro atoms. The summed E-state index contributed by atoms with van der Waals surface area (Å²) in [6.45, 7) is 5.63. The first kappa shape index (κ1) is 12.5. The molecule has 1 aromatic carbocycles. The van der Waals surface area contributed by atoms with Crippen molar-refractivity contribution in [3.63, 3.8) is 0 Å². The van der Waals surface area contributed by atoms with Gasteiger partial charge in [-0.15, -0.1) is 0 Å². The summed E-state index contributed by atoms with van der Waals surface area (Å²) in [6.07, 6.45) is 1.55. The molecule has 1 heterocycles. The highest BCUT2D eigenvalue weighted by Gasteiger charge is 2.05. The van der Waals surface area contributed by atoms with E-state index in [1.165, 1.54) is 12.1 Å². The van der Waals surface area contributed by atoms with E-state index in [-0.39, 0.29) is 5.82 Å². The topological polar surface area (TPSA) is 42.7 Å². The maximum absolute atomic E-state index is 13.0. The Morgan fingerprint density at radius 2 is 2.22 bits per heavy atom. The summed E-state index contributed by atoms with van der Waals surface area (Å²) >= 11 is 0.